The van der Waals surface area contributed by atoms with Crippen LogP contribution in [0.3, 0.4) is 0 Å². The number of methoxy groups -OCH3 is 1. The SMILES string of the molecule is COC(=O)c1ccc2[nH]c(O)c(C(=Nc3ccc(N(C)C(=O)CN(C)C)cc3)c3ccccc3)c2c1. The molecule has 0 fully saturated rings. The molecule has 0 atom stereocenters. The second-order valence-corrected chi connectivity index (χ2v) is 8.63. The predicted molar refractivity (Wildman–Crippen MR) is 141 cm³/mol. The van der Waals surface area contributed by atoms with E-state index in [0.29, 0.717) is 40.0 Å². The molecule has 0 bridgehead atoms. The van der Waals surface area contributed by atoms with E-state index >= 15 is 0 Å². The number of rotatable bonds is 7. The molecule has 0 radical (unpaired) electrons. The van der Waals surface area contributed by atoms with Gasteiger partial charge < -0.3 is 24.6 Å². The van der Waals surface area contributed by atoms with Crippen molar-refractivity contribution in [1.82, 2.24) is 9.88 Å². The molecule has 3 aromatic carbocycles. The van der Waals surface area contributed by atoms with E-state index in [9.17, 15) is 14.7 Å². The lowest BCUT2D eigenvalue weighted by Crippen LogP contribution is -2.34. The lowest BCUT2D eigenvalue weighted by Gasteiger charge is -2.19. The minimum Gasteiger partial charge on any atom is -0.494 e. The molecule has 0 aliphatic rings. The summed E-state index contributed by atoms with van der Waals surface area (Å²) in [4.78, 5) is 35.8. The maximum atomic E-state index is 12.4. The summed E-state index contributed by atoms with van der Waals surface area (Å²) in [5, 5.41) is 11.5. The summed E-state index contributed by atoms with van der Waals surface area (Å²) in [5.74, 6) is -0.545. The van der Waals surface area contributed by atoms with Gasteiger partial charge in [-0.2, -0.15) is 0 Å². The molecule has 2 N–H and O–H groups in total. The quantitative estimate of drug-likeness (QED) is 0.300. The normalized spacial score (nSPS) is 11.6. The second-order valence-electron chi connectivity index (χ2n) is 8.63. The first-order valence-corrected chi connectivity index (χ1v) is 11.4. The van der Waals surface area contributed by atoms with Crippen molar-refractivity contribution in [2.75, 3.05) is 39.7 Å². The number of ether oxygens (including phenoxy) is 1. The Morgan fingerprint density at radius 1 is 0.944 bits per heavy atom. The number of aliphatic imine (C=N–C) groups is 1. The molecule has 1 heterocycles. The molecule has 184 valence electrons. The van der Waals surface area contributed by atoms with E-state index in [1.807, 2.05) is 73.6 Å². The maximum Gasteiger partial charge on any atom is 0.337 e. The molecule has 1 amide bonds. The summed E-state index contributed by atoms with van der Waals surface area (Å²) < 4.78 is 4.87. The van der Waals surface area contributed by atoms with Gasteiger partial charge in [0.05, 0.1) is 36.2 Å². The minimum absolute atomic E-state index is 0.0219. The fourth-order valence-corrected chi connectivity index (χ4v) is 3.92. The zero-order valence-electron chi connectivity index (χ0n) is 20.6. The van der Waals surface area contributed by atoms with Crippen molar-refractivity contribution in [3.8, 4) is 5.88 Å². The van der Waals surface area contributed by atoms with Gasteiger partial charge in [0.1, 0.15) is 0 Å². The maximum absolute atomic E-state index is 12.4. The lowest BCUT2D eigenvalue weighted by atomic mass is 9.99. The first-order chi connectivity index (χ1) is 17.3. The van der Waals surface area contributed by atoms with Crippen LogP contribution in [0.5, 0.6) is 5.88 Å². The molecule has 0 aliphatic carbocycles. The van der Waals surface area contributed by atoms with Gasteiger partial charge in [-0.25, -0.2) is 9.79 Å². The van der Waals surface area contributed by atoms with Crippen molar-refractivity contribution in [3.05, 3.63) is 89.5 Å². The highest BCUT2D eigenvalue weighted by Crippen LogP contribution is 2.32. The third-order valence-electron chi connectivity index (χ3n) is 5.79. The summed E-state index contributed by atoms with van der Waals surface area (Å²) in [7, 11) is 6.77. The van der Waals surface area contributed by atoms with Crippen molar-refractivity contribution in [3.63, 3.8) is 0 Å². The number of amides is 1. The Morgan fingerprint density at radius 2 is 1.64 bits per heavy atom. The van der Waals surface area contributed by atoms with Crippen molar-refractivity contribution in [1.29, 1.82) is 0 Å². The molecule has 36 heavy (non-hydrogen) atoms. The number of aromatic amines is 1. The fraction of sp³-hybridized carbons (Fsp3) is 0.179. The van der Waals surface area contributed by atoms with E-state index < -0.39 is 5.97 Å². The second kappa shape index (κ2) is 10.5. The molecule has 0 saturated carbocycles. The molecule has 1 aromatic heterocycles. The number of aromatic hydroxyl groups is 1. The monoisotopic (exact) mass is 484 g/mol. The average Bonchev–Trinajstić information content (AvgIpc) is 3.21. The van der Waals surface area contributed by atoms with Crippen LogP contribution in [0.1, 0.15) is 21.5 Å². The van der Waals surface area contributed by atoms with Gasteiger partial charge >= 0.3 is 5.97 Å². The smallest absolute Gasteiger partial charge is 0.337 e. The summed E-state index contributed by atoms with van der Waals surface area (Å²) in [6.45, 7) is 0.308. The van der Waals surface area contributed by atoms with Gasteiger partial charge in [-0.05, 0) is 56.6 Å². The molecule has 4 aromatic rings. The number of fused-ring (bicyclic) bond motifs is 1. The van der Waals surface area contributed by atoms with Crippen molar-refractivity contribution in [2.24, 2.45) is 4.99 Å². The minimum atomic E-state index is -0.467. The van der Waals surface area contributed by atoms with Crippen LogP contribution in [0.15, 0.2) is 77.8 Å². The first-order valence-electron chi connectivity index (χ1n) is 11.4. The zero-order chi connectivity index (χ0) is 25.8. The lowest BCUT2D eigenvalue weighted by molar-refractivity contribution is -0.118. The third kappa shape index (κ3) is 5.13. The number of anilines is 1. The van der Waals surface area contributed by atoms with Crippen LogP contribution in [-0.4, -0.2) is 67.4 Å². The number of carbonyl (C=O) groups excluding carboxylic acids is 2. The Morgan fingerprint density at radius 3 is 2.28 bits per heavy atom. The van der Waals surface area contributed by atoms with Gasteiger partial charge in [-0.3, -0.25) is 4.79 Å². The number of nitrogens with zero attached hydrogens (tertiary/aromatic N) is 3. The highest BCUT2D eigenvalue weighted by atomic mass is 16.5. The highest BCUT2D eigenvalue weighted by Gasteiger charge is 2.20. The number of carbonyl (C=O) groups is 2. The Balaban J connectivity index is 1.80. The number of benzene rings is 3. The molecule has 4 rings (SSSR count). The topological polar surface area (TPSA) is 98.2 Å². The van der Waals surface area contributed by atoms with Gasteiger partial charge in [0.25, 0.3) is 0 Å². The highest BCUT2D eigenvalue weighted by molar-refractivity contribution is 6.22. The predicted octanol–water partition coefficient (Wildman–Crippen LogP) is 4.35. The van der Waals surface area contributed by atoms with Crippen molar-refractivity contribution < 1.29 is 19.4 Å². The van der Waals surface area contributed by atoms with Crippen LogP contribution in [0.2, 0.25) is 0 Å². The molecule has 0 saturated heterocycles. The molecule has 0 aliphatic heterocycles. The number of aromatic nitrogens is 1. The number of hydrogen-bond donors (Lipinski definition) is 2. The molecule has 0 unspecified atom stereocenters. The van der Waals surface area contributed by atoms with Crippen LogP contribution >= 0.6 is 0 Å². The van der Waals surface area contributed by atoms with Crippen molar-refractivity contribution >= 4 is 39.9 Å². The summed E-state index contributed by atoms with van der Waals surface area (Å²) in [6, 6.07) is 21.9. The first kappa shape index (κ1) is 24.7. The van der Waals surface area contributed by atoms with Gasteiger partial charge in [0.15, 0.2) is 5.88 Å². The third-order valence-corrected chi connectivity index (χ3v) is 5.79. The largest absolute Gasteiger partial charge is 0.494 e. The van der Waals surface area contributed by atoms with Gasteiger partial charge in [0, 0.05) is 29.2 Å². The zero-order valence-corrected chi connectivity index (χ0v) is 20.6. The van der Waals surface area contributed by atoms with E-state index in [1.165, 1.54) is 7.11 Å². The molecular weight excluding hydrogens is 456 g/mol. The Hall–Kier alpha value is -4.43. The fourth-order valence-electron chi connectivity index (χ4n) is 3.92. The summed E-state index contributed by atoms with van der Waals surface area (Å²) >= 11 is 0. The van der Waals surface area contributed by atoms with Crippen LogP contribution in [-0.2, 0) is 9.53 Å². The van der Waals surface area contributed by atoms with Crippen LogP contribution in [0.25, 0.3) is 10.9 Å². The van der Waals surface area contributed by atoms with E-state index in [-0.39, 0.29) is 11.8 Å². The van der Waals surface area contributed by atoms with Gasteiger partial charge in [-0.15, -0.1) is 0 Å². The molecule has 8 nitrogen and oxygen atoms in total. The van der Waals surface area contributed by atoms with E-state index in [0.717, 1.165) is 11.3 Å². The molecule has 8 heteroatoms. The van der Waals surface area contributed by atoms with Crippen LogP contribution in [0, 0.1) is 0 Å². The molecule has 0 spiro atoms. The summed E-state index contributed by atoms with van der Waals surface area (Å²) in [5.41, 5.74) is 4.22. The van der Waals surface area contributed by atoms with E-state index in [2.05, 4.69) is 4.98 Å². The standard InChI is InChI=1S/C28H28N4O4/c1-31(2)17-24(33)32(3)21-13-11-20(12-14-21)29-26(18-8-6-5-7-9-18)25-22-16-19(28(35)36-4)10-15-23(22)30-27(25)34/h5-16,30,34H,17H2,1-4H3. The number of esters is 1. The number of H-pyrrole nitrogens is 1. The van der Waals surface area contributed by atoms with Crippen LogP contribution < -0.4 is 4.90 Å². The number of hydrogen-bond acceptors (Lipinski definition) is 6. The Labute approximate surface area is 209 Å². The Kier molecular flexibility index (Phi) is 7.17. The van der Waals surface area contributed by atoms with Crippen molar-refractivity contribution in [2.45, 2.75) is 0 Å². The van der Waals surface area contributed by atoms with Gasteiger partial charge in [-0.1, -0.05) is 30.3 Å². The summed E-state index contributed by atoms with van der Waals surface area (Å²) in [6.07, 6.45) is 0. The van der Waals surface area contributed by atoms with E-state index in [1.54, 1.807) is 30.1 Å². The average molecular weight is 485 g/mol. The number of likely N-dealkylation sites (N-methyl/N-ethyl adjacent to an activating group) is 2. The number of nitrogens with one attached hydrogen (secondary N) is 1. The van der Waals surface area contributed by atoms with E-state index in [4.69, 9.17) is 9.73 Å². The Bertz CT molecular complexity index is 1420. The van der Waals surface area contributed by atoms with Gasteiger partial charge in [0.2, 0.25) is 5.91 Å². The molecular formula is C28H28N4O4. The van der Waals surface area contributed by atoms with Crippen LogP contribution in [0.4, 0.5) is 11.4 Å².